The first-order valence-corrected chi connectivity index (χ1v) is 15.3. The molecule has 6 heterocycles. The van der Waals surface area contributed by atoms with E-state index in [0.717, 1.165) is 50.4 Å². The number of fused-ring (bicyclic) bond motifs is 10. The van der Waals surface area contributed by atoms with E-state index < -0.39 is 0 Å². The van der Waals surface area contributed by atoms with Crippen molar-refractivity contribution in [2.45, 2.75) is 6.92 Å². The summed E-state index contributed by atoms with van der Waals surface area (Å²) >= 11 is 0. The average Bonchev–Trinajstić information content (AvgIpc) is 3.67. The van der Waals surface area contributed by atoms with Crippen molar-refractivity contribution in [1.82, 2.24) is 39.0 Å². The van der Waals surface area contributed by atoms with Crippen LogP contribution in [0.2, 0.25) is 0 Å². The molecule has 8 rings (SSSR count). The fourth-order valence-electron chi connectivity index (χ4n) is 5.78. The molecule has 1 amide bonds. The molecule has 0 aliphatic carbocycles. The van der Waals surface area contributed by atoms with Crippen molar-refractivity contribution in [2.24, 2.45) is 0 Å². The van der Waals surface area contributed by atoms with Gasteiger partial charge in [-0.25, -0.2) is 14.8 Å². The highest BCUT2D eigenvalue weighted by Crippen LogP contribution is 2.27. The molecule has 0 bridgehead atoms. The maximum atomic E-state index is 12.8. The minimum absolute atomic E-state index is 0.118. The van der Waals surface area contributed by atoms with Crippen LogP contribution in [-0.4, -0.2) is 79.3 Å². The van der Waals surface area contributed by atoms with E-state index in [1.807, 2.05) is 94.5 Å². The number of pyridine rings is 4. The second-order valence-electron chi connectivity index (χ2n) is 11.3. The van der Waals surface area contributed by atoms with Crippen molar-refractivity contribution >= 4 is 67.0 Å². The molecule has 234 valence electrons. The van der Waals surface area contributed by atoms with Gasteiger partial charge in [-0.05, 0) is 69.6 Å². The normalized spacial score (nSPS) is 11.5. The van der Waals surface area contributed by atoms with Crippen LogP contribution in [0.1, 0.15) is 27.6 Å². The molecular weight excluding hydrogens is 592 g/mol. The standard InChI is InChI=1S/C19H19N5O.C17H13N3O2/c1-23(2)10-9-21-19(25)14-11-13-12-20-8-7-16(13)24-17-6-4-3-5-15(17)22-18(14)24;1-2-22-17(21)12-9-11-10-18-8-7-14(11)20-15-6-4-3-5-13(15)19-16(12)20/h3-8,11-12H,9-10H2,1-2H3,(H,21,25);3-10H,2H2,1H3. The van der Waals surface area contributed by atoms with Gasteiger partial charge in [-0.15, -0.1) is 0 Å². The summed E-state index contributed by atoms with van der Waals surface area (Å²) in [6, 6.07) is 23.3. The molecule has 6 aromatic heterocycles. The quantitative estimate of drug-likeness (QED) is 0.240. The van der Waals surface area contributed by atoms with Gasteiger partial charge >= 0.3 is 5.97 Å². The molecule has 0 radical (unpaired) electrons. The Bertz CT molecular complexity index is 2450. The number of imidazole rings is 2. The number of aromatic nitrogens is 6. The number of carbonyl (C=O) groups is 2. The van der Waals surface area contributed by atoms with E-state index in [2.05, 4.69) is 20.3 Å². The Kier molecular flexibility index (Phi) is 7.88. The summed E-state index contributed by atoms with van der Waals surface area (Å²) in [5.74, 6) is -0.485. The molecular formula is C36H32N8O3. The van der Waals surface area contributed by atoms with Crippen LogP contribution < -0.4 is 5.32 Å². The smallest absolute Gasteiger partial charge is 0.341 e. The van der Waals surface area contributed by atoms with E-state index in [4.69, 9.17) is 9.72 Å². The lowest BCUT2D eigenvalue weighted by molar-refractivity contribution is 0.0528. The van der Waals surface area contributed by atoms with Gasteiger partial charge in [0, 0.05) is 48.6 Å². The van der Waals surface area contributed by atoms with Crippen molar-refractivity contribution < 1.29 is 14.3 Å². The second-order valence-corrected chi connectivity index (χ2v) is 11.3. The van der Waals surface area contributed by atoms with Crippen molar-refractivity contribution in [3.8, 4) is 0 Å². The minimum atomic E-state index is -0.367. The number of benzene rings is 2. The van der Waals surface area contributed by atoms with Gasteiger partial charge in [0.25, 0.3) is 5.91 Å². The Labute approximate surface area is 269 Å². The largest absolute Gasteiger partial charge is 0.462 e. The molecule has 0 atom stereocenters. The van der Waals surface area contributed by atoms with Gasteiger partial charge in [-0.1, -0.05) is 24.3 Å². The summed E-state index contributed by atoms with van der Waals surface area (Å²) in [4.78, 5) is 44.7. The van der Waals surface area contributed by atoms with Crippen molar-refractivity contribution in [3.05, 3.63) is 109 Å². The molecule has 0 saturated heterocycles. The fourth-order valence-corrected chi connectivity index (χ4v) is 5.78. The molecule has 2 aromatic carbocycles. The lowest BCUT2D eigenvalue weighted by Crippen LogP contribution is -2.31. The minimum Gasteiger partial charge on any atom is -0.462 e. The Morgan fingerprint density at radius 3 is 1.83 bits per heavy atom. The van der Waals surface area contributed by atoms with Gasteiger partial charge in [-0.2, -0.15) is 0 Å². The fraction of sp³-hybridized carbons (Fsp3) is 0.167. The van der Waals surface area contributed by atoms with Crippen LogP contribution >= 0.6 is 0 Å². The Morgan fingerprint density at radius 1 is 0.745 bits per heavy atom. The molecule has 0 fully saturated rings. The third kappa shape index (κ3) is 5.46. The molecule has 11 nitrogen and oxygen atoms in total. The van der Waals surface area contributed by atoms with Gasteiger partial charge < -0.3 is 15.0 Å². The number of carbonyl (C=O) groups excluding carboxylic acids is 2. The molecule has 0 spiro atoms. The zero-order valence-electron chi connectivity index (χ0n) is 26.2. The lowest BCUT2D eigenvalue weighted by Gasteiger charge is -2.12. The molecule has 0 unspecified atom stereocenters. The lowest BCUT2D eigenvalue weighted by atomic mass is 10.1. The highest BCUT2D eigenvalue weighted by atomic mass is 16.5. The monoisotopic (exact) mass is 624 g/mol. The van der Waals surface area contributed by atoms with Crippen LogP contribution in [0, 0.1) is 0 Å². The zero-order valence-corrected chi connectivity index (χ0v) is 26.2. The maximum Gasteiger partial charge on any atom is 0.341 e. The Hall–Kier alpha value is -5.94. The van der Waals surface area contributed by atoms with Crippen LogP contribution in [0.3, 0.4) is 0 Å². The van der Waals surface area contributed by atoms with Gasteiger partial charge in [0.15, 0.2) is 11.3 Å². The molecule has 8 aromatic rings. The van der Waals surface area contributed by atoms with Crippen LogP contribution in [0.4, 0.5) is 0 Å². The second kappa shape index (κ2) is 12.5. The number of amides is 1. The number of para-hydroxylation sites is 4. The summed E-state index contributed by atoms with van der Waals surface area (Å²) < 4.78 is 9.19. The number of nitrogens with one attached hydrogen (secondary N) is 1. The van der Waals surface area contributed by atoms with E-state index in [1.165, 1.54) is 0 Å². The van der Waals surface area contributed by atoms with Crippen LogP contribution in [0.25, 0.3) is 55.2 Å². The van der Waals surface area contributed by atoms with Crippen molar-refractivity contribution in [3.63, 3.8) is 0 Å². The van der Waals surface area contributed by atoms with E-state index >= 15 is 0 Å². The highest BCUT2D eigenvalue weighted by Gasteiger charge is 2.19. The van der Waals surface area contributed by atoms with Crippen molar-refractivity contribution in [1.29, 1.82) is 0 Å². The molecule has 47 heavy (non-hydrogen) atoms. The number of hydrogen-bond donors (Lipinski definition) is 1. The first-order chi connectivity index (χ1) is 22.9. The first-order valence-electron chi connectivity index (χ1n) is 15.3. The van der Waals surface area contributed by atoms with Gasteiger partial charge in [0.2, 0.25) is 0 Å². The van der Waals surface area contributed by atoms with Crippen molar-refractivity contribution in [2.75, 3.05) is 33.8 Å². The van der Waals surface area contributed by atoms with Crippen LogP contribution in [0.5, 0.6) is 0 Å². The summed E-state index contributed by atoms with van der Waals surface area (Å²) in [7, 11) is 3.96. The van der Waals surface area contributed by atoms with Gasteiger partial charge in [0.1, 0.15) is 5.56 Å². The highest BCUT2D eigenvalue weighted by molar-refractivity contribution is 6.06. The number of nitrogens with zero attached hydrogens (tertiary/aromatic N) is 7. The van der Waals surface area contributed by atoms with Gasteiger partial charge in [0.05, 0.1) is 45.3 Å². The predicted octanol–water partition coefficient (Wildman–Crippen LogP) is 5.54. The SMILES string of the molecule is CCOC(=O)c1cc2cnccc2n2c1nc1ccccc12.CN(C)CCNC(=O)c1cc2cnccc2n2c1nc1ccccc12. The number of esters is 1. The summed E-state index contributed by atoms with van der Waals surface area (Å²) in [6.07, 6.45) is 7.01. The third-order valence-electron chi connectivity index (χ3n) is 7.93. The number of likely N-dealkylation sites (N-methyl/N-ethyl adjacent to an activating group) is 1. The topological polar surface area (TPSA) is 119 Å². The maximum absolute atomic E-state index is 12.8. The van der Waals surface area contributed by atoms with Crippen LogP contribution in [-0.2, 0) is 4.74 Å². The third-order valence-corrected chi connectivity index (χ3v) is 7.93. The van der Waals surface area contributed by atoms with Crippen LogP contribution in [0.15, 0.2) is 97.6 Å². The van der Waals surface area contributed by atoms with E-state index in [0.29, 0.717) is 35.6 Å². The zero-order chi connectivity index (χ0) is 32.5. The summed E-state index contributed by atoms with van der Waals surface area (Å²) in [5.41, 5.74) is 7.91. The summed E-state index contributed by atoms with van der Waals surface area (Å²) in [6.45, 7) is 3.49. The Morgan fingerprint density at radius 2 is 1.28 bits per heavy atom. The number of rotatable bonds is 6. The molecule has 11 heteroatoms. The predicted molar refractivity (Wildman–Crippen MR) is 183 cm³/mol. The Balaban J connectivity index is 0.000000151. The first kappa shape index (κ1) is 29.8. The molecule has 0 aliphatic rings. The number of hydrogen-bond acceptors (Lipinski definition) is 8. The summed E-state index contributed by atoms with van der Waals surface area (Å²) in [5, 5.41) is 4.77. The molecule has 1 N–H and O–H groups in total. The molecule has 0 aliphatic heterocycles. The average molecular weight is 625 g/mol. The number of ether oxygens (including phenoxy) is 1. The molecule has 0 saturated carbocycles. The van der Waals surface area contributed by atoms with E-state index in [1.54, 1.807) is 37.8 Å². The van der Waals surface area contributed by atoms with Gasteiger partial charge in [-0.3, -0.25) is 23.6 Å². The van der Waals surface area contributed by atoms with E-state index in [9.17, 15) is 9.59 Å². The van der Waals surface area contributed by atoms with E-state index in [-0.39, 0.29) is 11.9 Å².